The minimum Gasteiger partial charge on any atom is -0.365 e. The number of ether oxygens (including phenoxy) is 1. The molecule has 5 heteroatoms. The summed E-state index contributed by atoms with van der Waals surface area (Å²) in [5, 5.41) is 2.87. The Morgan fingerprint density at radius 2 is 2.10 bits per heavy atom. The van der Waals surface area contributed by atoms with Gasteiger partial charge in [0.2, 0.25) is 5.91 Å². The summed E-state index contributed by atoms with van der Waals surface area (Å²) >= 11 is 0. The first-order chi connectivity index (χ1) is 10.1. The number of carbonyl (C=O) groups is 2. The summed E-state index contributed by atoms with van der Waals surface area (Å²) in [6.45, 7) is 4.96. The summed E-state index contributed by atoms with van der Waals surface area (Å²) in [5.41, 5.74) is 0.865. The van der Waals surface area contributed by atoms with Gasteiger partial charge in [-0.2, -0.15) is 0 Å². The molecule has 1 aromatic carbocycles. The normalized spacial score (nSPS) is 18.9. The molecule has 1 aliphatic rings. The molecule has 1 heterocycles. The highest BCUT2D eigenvalue weighted by atomic mass is 16.5. The molecule has 0 bridgehead atoms. The molecule has 0 aromatic heterocycles. The fourth-order valence-corrected chi connectivity index (χ4v) is 2.28. The smallest absolute Gasteiger partial charge is 0.253 e. The Kier molecular flexibility index (Phi) is 5.33. The molecule has 1 N–H and O–H groups in total. The van der Waals surface area contributed by atoms with Crippen LogP contribution in [0, 0.1) is 5.92 Å². The first kappa shape index (κ1) is 15.5. The SMILES string of the molecule is CC(C)CC(=O)NCC1CN(c2ccccc2)C(=O)CO1. The zero-order valence-corrected chi connectivity index (χ0v) is 12.5. The number of nitrogens with zero attached hydrogens (tertiary/aromatic N) is 1. The zero-order chi connectivity index (χ0) is 15.2. The number of amides is 2. The third-order valence-electron chi connectivity index (χ3n) is 3.32. The molecule has 21 heavy (non-hydrogen) atoms. The maximum atomic E-state index is 11.9. The Morgan fingerprint density at radius 1 is 1.38 bits per heavy atom. The Balaban J connectivity index is 1.89. The Labute approximate surface area is 125 Å². The highest BCUT2D eigenvalue weighted by Gasteiger charge is 2.27. The van der Waals surface area contributed by atoms with E-state index in [1.165, 1.54) is 0 Å². The minimum atomic E-state index is -0.168. The molecule has 1 aromatic rings. The van der Waals surface area contributed by atoms with Crippen molar-refractivity contribution in [3.05, 3.63) is 30.3 Å². The lowest BCUT2D eigenvalue weighted by Crippen LogP contribution is -2.50. The van der Waals surface area contributed by atoms with E-state index < -0.39 is 0 Å². The number of hydrogen-bond acceptors (Lipinski definition) is 3. The van der Waals surface area contributed by atoms with Crippen molar-refractivity contribution in [1.82, 2.24) is 5.32 Å². The number of rotatable bonds is 5. The molecule has 0 spiro atoms. The minimum absolute atomic E-state index is 0.0248. The Bertz CT molecular complexity index is 488. The van der Waals surface area contributed by atoms with Gasteiger partial charge in [0.1, 0.15) is 6.61 Å². The van der Waals surface area contributed by atoms with Gasteiger partial charge in [0.25, 0.3) is 5.91 Å². The van der Waals surface area contributed by atoms with Crippen molar-refractivity contribution in [3.8, 4) is 0 Å². The summed E-state index contributed by atoms with van der Waals surface area (Å²) in [6, 6.07) is 9.52. The number of morpholine rings is 1. The van der Waals surface area contributed by atoms with E-state index in [0.717, 1.165) is 5.69 Å². The van der Waals surface area contributed by atoms with Crippen molar-refractivity contribution >= 4 is 17.5 Å². The van der Waals surface area contributed by atoms with E-state index in [1.54, 1.807) is 4.90 Å². The van der Waals surface area contributed by atoms with Crippen molar-refractivity contribution in [2.75, 3.05) is 24.6 Å². The van der Waals surface area contributed by atoms with Crippen LogP contribution in [0.1, 0.15) is 20.3 Å². The molecule has 2 rings (SSSR count). The number of benzene rings is 1. The highest BCUT2D eigenvalue weighted by molar-refractivity contribution is 5.94. The number of para-hydroxylation sites is 1. The maximum absolute atomic E-state index is 11.9. The van der Waals surface area contributed by atoms with Crippen LogP contribution in [0.2, 0.25) is 0 Å². The molecule has 1 atom stereocenters. The average Bonchev–Trinajstić information content (AvgIpc) is 2.46. The Morgan fingerprint density at radius 3 is 2.76 bits per heavy atom. The lowest BCUT2D eigenvalue weighted by molar-refractivity contribution is -0.129. The zero-order valence-electron chi connectivity index (χ0n) is 12.5. The van der Waals surface area contributed by atoms with Gasteiger partial charge in [0.15, 0.2) is 0 Å². The van der Waals surface area contributed by atoms with E-state index in [0.29, 0.717) is 25.4 Å². The van der Waals surface area contributed by atoms with Crippen LogP contribution >= 0.6 is 0 Å². The second kappa shape index (κ2) is 7.22. The van der Waals surface area contributed by atoms with Crippen LogP contribution in [-0.2, 0) is 14.3 Å². The number of carbonyl (C=O) groups excluding carboxylic acids is 2. The van der Waals surface area contributed by atoms with Crippen LogP contribution in [0.5, 0.6) is 0 Å². The topological polar surface area (TPSA) is 58.6 Å². The third kappa shape index (κ3) is 4.56. The summed E-state index contributed by atoms with van der Waals surface area (Å²) in [5.74, 6) is 0.308. The average molecular weight is 290 g/mol. The lowest BCUT2D eigenvalue weighted by atomic mass is 10.1. The Hall–Kier alpha value is -1.88. The predicted octanol–water partition coefficient (Wildman–Crippen LogP) is 1.58. The lowest BCUT2D eigenvalue weighted by Gasteiger charge is -2.32. The van der Waals surface area contributed by atoms with Gasteiger partial charge in [-0.15, -0.1) is 0 Å². The molecule has 1 fully saturated rings. The number of nitrogens with one attached hydrogen (secondary N) is 1. The molecule has 114 valence electrons. The van der Waals surface area contributed by atoms with Crippen molar-refractivity contribution < 1.29 is 14.3 Å². The van der Waals surface area contributed by atoms with E-state index in [-0.39, 0.29) is 24.5 Å². The second-order valence-electron chi connectivity index (χ2n) is 5.67. The van der Waals surface area contributed by atoms with Crippen LogP contribution in [-0.4, -0.2) is 37.6 Å². The van der Waals surface area contributed by atoms with Crippen molar-refractivity contribution in [2.24, 2.45) is 5.92 Å². The predicted molar refractivity (Wildman–Crippen MR) is 81.0 cm³/mol. The quantitative estimate of drug-likeness (QED) is 0.895. The van der Waals surface area contributed by atoms with Gasteiger partial charge in [-0.3, -0.25) is 9.59 Å². The van der Waals surface area contributed by atoms with Crippen LogP contribution in [0.25, 0.3) is 0 Å². The molecule has 5 nitrogen and oxygen atoms in total. The van der Waals surface area contributed by atoms with Gasteiger partial charge in [-0.25, -0.2) is 0 Å². The number of hydrogen-bond donors (Lipinski definition) is 1. The molecule has 0 radical (unpaired) electrons. The molecule has 0 saturated carbocycles. The van der Waals surface area contributed by atoms with E-state index in [1.807, 2.05) is 44.2 Å². The molecular weight excluding hydrogens is 268 g/mol. The molecule has 0 aliphatic carbocycles. The highest BCUT2D eigenvalue weighted by Crippen LogP contribution is 2.17. The van der Waals surface area contributed by atoms with E-state index in [2.05, 4.69) is 5.32 Å². The van der Waals surface area contributed by atoms with Gasteiger partial charge < -0.3 is 15.0 Å². The van der Waals surface area contributed by atoms with Crippen molar-refractivity contribution in [3.63, 3.8) is 0 Å². The molecule has 1 aliphatic heterocycles. The molecule has 1 saturated heterocycles. The van der Waals surface area contributed by atoms with Crippen LogP contribution < -0.4 is 10.2 Å². The first-order valence-corrected chi connectivity index (χ1v) is 7.30. The van der Waals surface area contributed by atoms with E-state index in [9.17, 15) is 9.59 Å². The molecule has 1 unspecified atom stereocenters. The van der Waals surface area contributed by atoms with Gasteiger partial charge in [-0.1, -0.05) is 32.0 Å². The first-order valence-electron chi connectivity index (χ1n) is 7.30. The molecular formula is C16H22N2O3. The summed E-state index contributed by atoms with van der Waals surface area (Å²) in [7, 11) is 0. The van der Waals surface area contributed by atoms with Gasteiger partial charge in [-0.05, 0) is 18.1 Å². The van der Waals surface area contributed by atoms with Gasteiger partial charge in [0.05, 0.1) is 12.6 Å². The van der Waals surface area contributed by atoms with Gasteiger partial charge in [0, 0.05) is 18.7 Å². The van der Waals surface area contributed by atoms with Crippen molar-refractivity contribution in [1.29, 1.82) is 0 Å². The summed E-state index contributed by atoms with van der Waals surface area (Å²) < 4.78 is 5.49. The summed E-state index contributed by atoms with van der Waals surface area (Å²) in [4.78, 5) is 25.3. The second-order valence-corrected chi connectivity index (χ2v) is 5.67. The standard InChI is InChI=1S/C16H22N2O3/c1-12(2)8-15(19)17-9-14-10-18(16(20)11-21-14)13-6-4-3-5-7-13/h3-7,12,14H,8-11H2,1-2H3,(H,17,19). The van der Waals surface area contributed by atoms with Gasteiger partial charge >= 0.3 is 0 Å². The third-order valence-corrected chi connectivity index (χ3v) is 3.32. The van der Waals surface area contributed by atoms with Crippen LogP contribution in [0.4, 0.5) is 5.69 Å². The number of anilines is 1. The fraction of sp³-hybridized carbons (Fsp3) is 0.500. The van der Waals surface area contributed by atoms with E-state index >= 15 is 0 Å². The fourth-order valence-electron chi connectivity index (χ4n) is 2.28. The van der Waals surface area contributed by atoms with Crippen LogP contribution in [0.3, 0.4) is 0 Å². The summed E-state index contributed by atoms with van der Waals surface area (Å²) in [6.07, 6.45) is 0.340. The van der Waals surface area contributed by atoms with Crippen molar-refractivity contribution in [2.45, 2.75) is 26.4 Å². The molecule has 2 amide bonds. The maximum Gasteiger partial charge on any atom is 0.253 e. The monoisotopic (exact) mass is 290 g/mol. The van der Waals surface area contributed by atoms with Crippen LogP contribution in [0.15, 0.2) is 30.3 Å². The van der Waals surface area contributed by atoms with E-state index in [4.69, 9.17) is 4.74 Å². The largest absolute Gasteiger partial charge is 0.365 e.